The molecule has 1 amide bonds. The Balaban J connectivity index is 2.38. The summed E-state index contributed by atoms with van der Waals surface area (Å²) >= 11 is 0. The first-order chi connectivity index (χ1) is 9.35. The molecule has 2 atom stereocenters. The predicted octanol–water partition coefficient (Wildman–Crippen LogP) is 0.990. The molecule has 1 fully saturated rings. The van der Waals surface area contributed by atoms with Crippen LogP contribution in [0.2, 0.25) is 0 Å². The largest absolute Gasteiger partial charge is 0.373 e. The number of nitrogens with zero attached hydrogens (tertiary/aromatic N) is 1. The Kier molecular flexibility index (Phi) is 6.92. The second kappa shape index (κ2) is 7.96. The van der Waals surface area contributed by atoms with Crippen molar-refractivity contribution in [2.45, 2.75) is 58.3 Å². The summed E-state index contributed by atoms with van der Waals surface area (Å²) in [4.78, 5) is 14.2. The van der Waals surface area contributed by atoms with E-state index >= 15 is 0 Å². The van der Waals surface area contributed by atoms with Crippen LogP contribution in [0.15, 0.2) is 0 Å². The summed E-state index contributed by atoms with van der Waals surface area (Å²) in [5.74, 6) is 0.141. The topological polar surface area (TPSA) is 53.6 Å². The lowest BCUT2D eigenvalue weighted by Crippen LogP contribution is -2.58. The third-order valence-corrected chi connectivity index (χ3v) is 3.82. The maximum Gasteiger partial charge on any atom is 0.220 e. The van der Waals surface area contributed by atoms with E-state index in [4.69, 9.17) is 4.74 Å². The monoisotopic (exact) mass is 285 g/mol. The zero-order valence-electron chi connectivity index (χ0n) is 13.7. The number of ether oxygens (including phenoxy) is 1. The number of carbonyl (C=O) groups excluding carboxylic acids is 1. The van der Waals surface area contributed by atoms with Crippen molar-refractivity contribution in [3.8, 4) is 0 Å². The van der Waals surface area contributed by atoms with Crippen molar-refractivity contribution in [3.05, 3.63) is 0 Å². The van der Waals surface area contributed by atoms with Crippen molar-refractivity contribution >= 4 is 5.91 Å². The van der Waals surface area contributed by atoms with Crippen LogP contribution in [0.5, 0.6) is 0 Å². The molecule has 1 aliphatic heterocycles. The molecule has 0 radical (unpaired) electrons. The Labute approximate surface area is 123 Å². The lowest BCUT2D eigenvalue weighted by atomic mass is 10.00. The van der Waals surface area contributed by atoms with E-state index in [-0.39, 0.29) is 23.7 Å². The van der Waals surface area contributed by atoms with E-state index in [0.29, 0.717) is 13.0 Å². The van der Waals surface area contributed by atoms with Gasteiger partial charge in [0.05, 0.1) is 12.2 Å². The first-order valence-electron chi connectivity index (χ1n) is 7.67. The highest BCUT2D eigenvalue weighted by Crippen LogP contribution is 2.20. The number of morpholine rings is 1. The van der Waals surface area contributed by atoms with Crippen molar-refractivity contribution < 1.29 is 9.53 Å². The molecule has 0 saturated carbocycles. The number of amides is 1. The summed E-state index contributed by atoms with van der Waals surface area (Å²) < 4.78 is 5.77. The van der Waals surface area contributed by atoms with Crippen molar-refractivity contribution in [3.63, 3.8) is 0 Å². The van der Waals surface area contributed by atoms with Gasteiger partial charge in [-0.05, 0) is 47.7 Å². The maximum absolute atomic E-state index is 11.8. The molecule has 5 nitrogen and oxygen atoms in total. The third kappa shape index (κ3) is 5.77. The highest BCUT2D eigenvalue weighted by atomic mass is 16.5. The van der Waals surface area contributed by atoms with Gasteiger partial charge in [-0.15, -0.1) is 0 Å². The molecule has 0 bridgehead atoms. The van der Waals surface area contributed by atoms with Crippen LogP contribution in [0.1, 0.15) is 40.5 Å². The standard InChI is InChI=1S/C15H31N3O2/c1-12-9-18(10-13(2)20-12)15(3,4)11-17-14(19)7-6-8-16-5/h12-13,16H,6-11H2,1-5H3,(H,17,19). The van der Waals surface area contributed by atoms with E-state index in [9.17, 15) is 4.79 Å². The molecule has 1 saturated heterocycles. The van der Waals surface area contributed by atoms with Crippen LogP contribution < -0.4 is 10.6 Å². The van der Waals surface area contributed by atoms with Gasteiger partial charge in [0.1, 0.15) is 0 Å². The molecule has 0 aromatic rings. The summed E-state index contributed by atoms with van der Waals surface area (Å²) in [6.45, 7) is 12.0. The molecule has 118 valence electrons. The van der Waals surface area contributed by atoms with Crippen molar-refractivity contribution in [2.24, 2.45) is 0 Å². The van der Waals surface area contributed by atoms with E-state index in [1.807, 2.05) is 7.05 Å². The second-order valence-electron chi connectivity index (χ2n) is 6.46. The average molecular weight is 285 g/mol. The summed E-state index contributed by atoms with van der Waals surface area (Å²) in [7, 11) is 1.90. The van der Waals surface area contributed by atoms with E-state index in [0.717, 1.165) is 26.1 Å². The molecule has 2 N–H and O–H groups in total. The van der Waals surface area contributed by atoms with E-state index in [1.165, 1.54) is 0 Å². The summed E-state index contributed by atoms with van der Waals surface area (Å²) in [5, 5.41) is 6.11. The fourth-order valence-corrected chi connectivity index (χ4v) is 2.61. The lowest BCUT2D eigenvalue weighted by molar-refractivity contribution is -0.123. The van der Waals surface area contributed by atoms with E-state index < -0.39 is 0 Å². The molecule has 1 aliphatic rings. The quantitative estimate of drug-likeness (QED) is 0.685. The van der Waals surface area contributed by atoms with Gasteiger partial charge in [-0.1, -0.05) is 0 Å². The van der Waals surface area contributed by atoms with Crippen molar-refractivity contribution in [1.29, 1.82) is 0 Å². The Bertz CT molecular complexity index is 297. The molecule has 5 heteroatoms. The molecular weight excluding hydrogens is 254 g/mol. The highest BCUT2D eigenvalue weighted by Gasteiger charge is 2.33. The van der Waals surface area contributed by atoms with Gasteiger partial charge in [0.25, 0.3) is 0 Å². The number of hydrogen-bond donors (Lipinski definition) is 2. The van der Waals surface area contributed by atoms with Gasteiger partial charge in [0.2, 0.25) is 5.91 Å². The number of rotatable bonds is 7. The Hall–Kier alpha value is -0.650. The Morgan fingerprint density at radius 3 is 2.45 bits per heavy atom. The summed E-state index contributed by atoms with van der Waals surface area (Å²) in [6, 6.07) is 0. The van der Waals surface area contributed by atoms with Crippen LogP contribution in [-0.2, 0) is 9.53 Å². The van der Waals surface area contributed by atoms with Gasteiger partial charge in [-0.25, -0.2) is 0 Å². The van der Waals surface area contributed by atoms with E-state index in [1.54, 1.807) is 0 Å². The van der Waals surface area contributed by atoms with Crippen molar-refractivity contribution in [2.75, 3.05) is 33.2 Å². The molecule has 1 rings (SSSR count). The molecule has 0 aromatic carbocycles. The highest BCUT2D eigenvalue weighted by molar-refractivity contribution is 5.75. The lowest BCUT2D eigenvalue weighted by Gasteiger charge is -2.45. The summed E-state index contributed by atoms with van der Waals surface area (Å²) in [5.41, 5.74) is -0.0367. The maximum atomic E-state index is 11.8. The van der Waals surface area contributed by atoms with E-state index in [2.05, 4.69) is 43.2 Å². The molecule has 0 aliphatic carbocycles. The average Bonchev–Trinajstić information content (AvgIpc) is 2.36. The third-order valence-electron chi connectivity index (χ3n) is 3.82. The van der Waals surface area contributed by atoms with Crippen LogP contribution in [-0.4, -0.2) is 61.8 Å². The molecule has 20 heavy (non-hydrogen) atoms. The van der Waals surface area contributed by atoms with Crippen LogP contribution >= 0.6 is 0 Å². The summed E-state index contributed by atoms with van der Waals surface area (Å²) in [6.07, 6.45) is 1.98. The minimum atomic E-state index is -0.0367. The fourth-order valence-electron chi connectivity index (χ4n) is 2.61. The molecular formula is C15H31N3O2. The minimum Gasteiger partial charge on any atom is -0.373 e. The first-order valence-corrected chi connectivity index (χ1v) is 7.67. The number of hydrogen-bond acceptors (Lipinski definition) is 4. The molecule has 0 spiro atoms. The molecule has 2 unspecified atom stereocenters. The number of carbonyl (C=O) groups is 1. The van der Waals surface area contributed by atoms with Crippen LogP contribution in [0.3, 0.4) is 0 Å². The second-order valence-corrected chi connectivity index (χ2v) is 6.46. The van der Waals surface area contributed by atoms with Crippen molar-refractivity contribution in [1.82, 2.24) is 15.5 Å². The first kappa shape index (κ1) is 17.4. The van der Waals surface area contributed by atoms with Gasteiger partial charge in [0.15, 0.2) is 0 Å². The normalized spacial score (nSPS) is 24.6. The predicted molar refractivity (Wildman–Crippen MR) is 81.8 cm³/mol. The zero-order valence-corrected chi connectivity index (χ0v) is 13.7. The number of nitrogens with one attached hydrogen (secondary N) is 2. The fraction of sp³-hybridized carbons (Fsp3) is 0.933. The SMILES string of the molecule is CNCCCC(=O)NCC(C)(C)N1CC(C)OC(C)C1. The van der Waals surface area contributed by atoms with Crippen LogP contribution in [0, 0.1) is 0 Å². The Morgan fingerprint density at radius 1 is 1.30 bits per heavy atom. The van der Waals surface area contributed by atoms with Gasteiger partial charge in [-0.2, -0.15) is 0 Å². The molecule has 0 aromatic heterocycles. The smallest absolute Gasteiger partial charge is 0.220 e. The zero-order chi connectivity index (χ0) is 15.2. The van der Waals surface area contributed by atoms with Gasteiger partial charge in [-0.3, -0.25) is 9.69 Å². The van der Waals surface area contributed by atoms with Gasteiger partial charge in [0, 0.05) is 31.6 Å². The minimum absolute atomic E-state index is 0.0367. The van der Waals surface area contributed by atoms with Gasteiger partial charge < -0.3 is 15.4 Å². The van der Waals surface area contributed by atoms with Crippen LogP contribution in [0.25, 0.3) is 0 Å². The van der Waals surface area contributed by atoms with Crippen LogP contribution in [0.4, 0.5) is 0 Å². The van der Waals surface area contributed by atoms with Gasteiger partial charge >= 0.3 is 0 Å². The molecule has 1 heterocycles. The Morgan fingerprint density at radius 2 is 1.90 bits per heavy atom.